The zero-order chi connectivity index (χ0) is 20.3. The third kappa shape index (κ3) is 4.79. The second kappa shape index (κ2) is 10.4. The number of carbonyl (C=O) groups excluding carboxylic acids is 1. The molecule has 1 saturated carbocycles. The van der Waals surface area contributed by atoms with E-state index in [0.717, 1.165) is 74.1 Å². The lowest BCUT2D eigenvalue weighted by Crippen LogP contribution is -3.00. The molecule has 0 unspecified atom stereocenters. The molecular formula is C22H34BrNO5S. The second-order valence-electron chi connectivity index (χ2n) is 9.04. The van der Waals surface area contributed by atoms with Gasteiger partial charge in [0.25, 0.3) is 0 Å². The highest BCUT2D eigenvalue weighted by Gasteiger charge is 2.53. The molecule has 2 atom stereocenters. The van der Waals surface area contributed by atoms with E-state index in [1.807, 2.05) is 17.5 Å². The van der Waals surface area contributed by atoms with Crippen molar-refractivity contribution < 1.29 is 45.9 Å². The summed E-state index contributed by atoms with van der Waals surface area (Å²) in [6, 6.07) is 3.77. The zero-order valence-electron chi connectivity index (χ0n) is 17.5. The number of halogens is 1. The Kier molecular flexibility index (Phi) is 8.37. The molecule has 0 aromatic carbocycles. The monoisotopic (exact) mass is 503 g/mol. The number of aliphatic hydroxyl groups is 2. The topological polar surface area (TPSA) is 76.0 Å². The summed E-state index contributed by atoms with van der Waals surface area (Å²) in [6.45, 7) is 4.93. The third-order valence-corrected chi connectivity index (χ3v) is 8.39. The first-order valence-corrected chi connectivity index (χ1v) is 12.0. The molecule has 3 aliphatic heterocycles. The summed E-state index contributed by atoms with van der Waals surface area (Å²) >= 11 is 1.45. The van der Waals surface area contributed by atoms with Crippen LogP contribution in [-0.2, 0) is 19.9 Å². The van der Waals surface area contributed by atoms with E-state index in [1.165, 1.54) is 11.3 Å². The van der Waals surface area contributed by atoms with Gasteiger partial charge in [-0.1, -0.05) is 18.9 Å². The Bertz CT molecular complexity index is 673. The maximum atomic E-state index is 13.4. The molecule has 8 heteroatoms. The number of rotatable bonds is 9. The molecule has 4 heterocycles. The quantitative estimate of drug-likeness (QED) is 0.264. The fraction of sp³-hybridized carbons (Fsp3) is 0.773. The van der Waals surface area contributed by atoms with E-state index >= 15 is 0 Å². The van der Waals surface area contributed by atoms with Gasteiger partial charge >= 0.3 is 5.97 Å². The van der Waals surface area contributed by atoms with Gasteiger partial charge in [0.05, 0.1) is 32.9 Å². The van der Waals surface area contributed by atoms with Crippen molar-refractivity contribution in [3.63, 3.8) is 0 Å². The predicted octanol–water partition coefficient (Wildman–Crippen LogP) is -0.709. The molecule has 170 valence electrons. The minimum atomic E-state index is -1.51. The molecule has 6 nitrogen and oxygen atoms in total. The Hall–Kier alpha value is -0.510. The minimum Gasteiger partial charge on any atom is -1.00 e. The van der Waals surface area contributed by atoms with E-state index < -0.39 is 11.6 Å². The summed E-state index contributed by atoms with van der Waals surface area (Å²) in [4.78, 5) is 14.1. The van der Waals surface area contributed by atoms with Crippen LogP contribution >= 0.6 is 11.3 Å². The van der Waals surface area contributed by atoms with Gasteiger partial charge in [0.1, 0.15) is 13.1 Å². The van der Waals surface area contributed by atoms with Gasteiger partial charge in [0.15, 0.2) is 11.7 Å². The Morgan fingerprint density at radius 2 is 1.93 bits per heavy atom. The lowest BCUT2D eigenvalue weighted by Gasteiger charge is -2.52. The number of hydrogen-bond acceptors (Lipinski definition) is 6. The summed E-state index contributed by atoms with van der Waals surface area (Å²) in [5, 5.41) is 22.4. The van der Waals surface area contributed by atoms with Crippen LogP contribution in [0.25, 0.3) is 0 Å². The van der Waals surface area contributed by atoms with Gasteiger partial charge in [0, 0.05) is 29.6 Å². The van der Waals surface area contributed by atoms with Crippen LogP contribution < -0.4 is 17.0 Å². The highest BCUT2D eigenvalue weighted by molar-refractivity contribution is 7.10. The van der Waals surface area contributed by atoms with Crippen LogP contribution in [0.5, 0.6) is 0 Å². The Labute approximate surface area is 193 Å². The van der Waals surface area contributed by atoms with Crippen molar-refractivity contribution in [1.82, 2.24) is 0 Å². The van der Waals surface area contributed by atoms with E-state index in [0.29, 0.717) is 19.1 Å². The van der Waals surface area contributed by atoms with Crippen molar-refractivity contribution in [2.75, 3.05) is 46.0 Å². The predicted molar refractivity (Wildman–Crippen MR) is 110 cm³/mol. The van der Waals surface area contributed by atoms with Gasteiger partial charge in [-0.25, -0.2) is 4.79 Å². The summed E-state index contributed by atoms with van der Waals surface area (Å²) < 4.78 is 12.5. The van der Waals surface area contributed by atoms with E-state index in [4.69, 9.17) is 14.6 Å². The summed E-state index contributed by atoms with van der Waals surface area (Å²) in [6.07, 6.45) is 5.85. The van der Waals surface area contributed by atoms with Gasteiger partial charge in [0.2, 0.25) is 0 Å². The molecule has 1 aromatic heterocycles. The van der Waals surface area contributed by atoms with Crippen LogP contribution in [0, 0.1) is 11.8 Å². The summed E-state index contributed by atoms with van der Waals surface area (Å²) in [7, 11) is 0. The third-order valence-electron chi connectivity index (χ3n) is 7.40. The van der Waals surface area contributed by atoms with Crippen molar-refractivity contribution in [2.24, 2.45) is 11.8 Å². The number of piperidine rings is 3. The average Bonchev–Trinajstić information content (AvgIpc) is 3.46. The van der Waals surface area contributed by atoms with Crippen LogP contribution in [0.2, 0.25) is 0 Å². The van der Waals surface area contributed by atoms with E-state index in [1.54, 1.807) is 0 Å². The molecule has 0 spiro atoms. The molecule has 2 N–H and O–H groups in total. The Morgan fingerprint density at radius 3 is 2.57 bits per heavy atom. The molecule has 3 saturated heterocycles. The number of ether oxygens (including phenoxy) is 2. The fourth-order valence-corrected chi connectivity index (χ4v) is 6.52. The summed E-state index contributed by atoms with van der Waals surface area (Å²) in [5.41, 5.74) is -1.51. The normalized spacial score (nSPS) is 30.6. The van der Waals surface area contributed by atoms with Crippen LogP contribution in [0.1, 0.15) is 43.4 Å². The molecular weight excluding hydrogens is 470 g/mol. The number of carbonyl (C=O) groups is 1. The van der Waals surface area contributed by atoms with Crippen LogP contribution in [0.4, 0.5) is 0 Å². The molecule has 1 aromatic rings. The van der Waals surface area contributed by atoms with Crippen LogP contribution in [0.15, 0.2) is 17.5 Å². The molecule has 0 radical (unpaired) electrons. The molecule has 0 amide bonds. The second-order valence-corrected chi connectivity index (χ2v) is 9.98. The average molecular weight is 504 g/mol. The summed E-state index contributed by atoms with van der Waals surface area (Å²) in [5.74, 6) is -0.0986. The SMILES string of the molecule is O=C(O[C@H]1C[N+]2(CCOCCO)CCC1CC2)[C@](O)(c1cccs1)C1CCCC1.[Br-]. The Morgan fingerprint density at radius 1 is 1.20 bits per heavy atom. The highest BCUT2D eigenvalue weighted by Crippen LogP contribution is 2.44. The number of thiophene rings is 1. The lowest BCUT2D eigenvalue weighted by atomic mass is 9.82. The smallest absolute Gasteiger partial charge is 0.344 e. The molecule has 1 aliphatic carbocycles. The van der Waals surface area contributed by atoms with E-state index in [-0.39, 0.29) is 35.6 Å². The largest absolute Gasteiger partial charge is 1.00 e. The maximum Gasteiger partial charge on any atom is 0.344 e. The molecule has 2 bridgehead atoms. The fourth-order valence-electron chi connectivity index (χ4n) is 5.63. The van der Waals surface area contributed by atoms with Gasteiger partial charge in [-0.3, -0.25) is 0 Å². The zero-order valence-corrected chi connectivity index (χ0v) is 19.9. The van der Waals surface area contributed by atoms with Crippen molar-refractivity contribution in [1.29, 1.82) is 0 Å². The Balaban J connectivity index is 0.00000256. The minimum absolute atomic E-state index is 0. The number of hydrogen-bond donors (Lipinski definition) is 2. The number of aliphatic hydroxyl groups excluding tert-OH is 1. The van der Waals surface area contributed by atoms with E-state index in [9.17, 15) is 9.90 Å². The molecule has 5 rings (SSSR count). The van der Waals surface area contributed by atoms with Crippen molar-refractivity contribution in [3.05, 3.63) is 22.4 Å². The first-order chi connectivity index (χ1) is 14.1. The van der Waals surface area contributed by atoms with Crippen molar-refractivity contribution in [3.8, 4) is 0 Å². The lowest BCUT2D eigenvalue weighted by molar-refractivity contribution is -0.946. The first-order valence-electron chi connectivity index (χ1n) is 11.1. The first kappa shape index (κ1) is 24.1. The van der Waals surface area contributed by atoms with Gasteiger partial charge in [-0.05, 0) is 24.3 Å². The number of nitrogens with zero attached hydrogens (tertiary/aromatic N) is 1. The van der Waals surface area contributed by atoms with Crippen molar-refractivity contribution >= 4 is 17.3 Å². The standard InChI is InChI=1S/C22H34NO5S.BrH/c24-12-14-27-13-11-23-9-7-17(8-10-23)19(16-23)28-21(25)22(26,18-4-1-2-5-18)20-6-3-15-29-20;/h3,6,15,17-19,24,26H,1-2,4-5,7-14,16H2;1H/q+1;/p-1/t17?,19-,22+,23?;/m0./s1. The molecule has 4 fully saturated rings. The van der Waals surface area contributed by atoms with Crippen LogP contribution in [0.3, 0.4) is 0 Å². The van der Waals surface area contributed by atoms with E-state index in [2.05, 4.69) is 0 Å². The van der Waals surface area contributed by atoms with Crippen molar-refractivity contribution in [2.45, 2.75) is 50.2 Å². The molecule has 4 aliphatic rings. The van der Waals surface area contributed by atoms with Gasteiger partial charge < -0.3 is 41.2 Å². The number of esters is 1. The number of quaternary nitrogens is 1. The molecule has 30 heavy (non-hydrogen) atoms. The van der Waals surface area contributed by atoms with Gasteiger partial charge in [-0.2, -0.15) is 0 Å². The maximum absolute atomic E-state index is 13.4. The van der Waals surface area contributed by atoms with Gasteiger partial charge in [-0.15, -0.1) is 11.3 Å². The van der Waals surface area contributed by atoms with Crippen LogP contribution in [-0.4, -0.2) is 72.8 Å². The highest BCUT2D eigenvalue weighted by atomic mass is 79.9. The number of fused-ring (bicyclic) bond motifs is 3.